The Kier molecular flexibility index (Phi) is 6.99. The van der Waals surface area contributed by atoms with Gasteiger partial charge in [-0.05, 0) is 43.9 Å². The number of piperazine rings is 1. The van der Waals surface area contributed by atoms with Crippen molar-refractivity contribution in [1.82, 2.24) is 14.7 Å². The molecule has 2 bridgehead atoms. The number of carbonyl (C=O) groups excluding carboxylic acids is 2. The number of nitriles is 1. The van der Waals surface area contributed by atoms with Crippen molar-refractivity contribution in [2.24, 2.45) is 11.6 Å². The van der Waals surface area contributed by atoms with Crippen LogP contribution in [0.5, 0.6) is 0 Å². The molecule has 0 aromatic heterocycles. The largest absolute Gasteiger partial charge is 0.330 e. The summed E-state index contributed by atoms with van der Waals surface area (Å²) in [5.74, 6) is 4.73. The van der Waals surface area contributed by atoms with Crippen LogP contribution < -0.4 is 11.6 Å². The summed E-state index contributed by atoms with van der Waals surface area (Å²) in [7, 11) is 0. The smallest absolute Gasteiger partial charge is 0.241 e. The minimum Gasteiger partial charge on any atom is -0.330 e. The zero-order valence-corrected chi connectivity index (χ0v) is 18.7. The first kappa shape index (κ1) is 23.0. The normalized spacial score (nSPS) is 27.1. The molecule has 1 aromatic rings. The molecule has 3 aliphatic rings. The van der Waals surface area contributed by atoms with Crippen LogP contribution in [-0.2, 0) is 18.9 Å². The number of fused-ring (bicyclic) bond motifs is 2. The van der Waals surface area contributed by atoms with E-state index in [0.29, 0.717) is 26.1 Å². The topological polar surface area (TPSA) is 138 Å². The molecular weight excluding hydrogens is 432 g/mol. The standard InChI is InChI=1S/C21H28N6O4S/c1-13(14-4-6-17(7-5-14)32-31-30-24)27-16-9-19(21(27)29)25(11-16)12-18(23)20(28)26-8-2-3-15(26)10-22/h4-7,13,15-16,18-19H,2-3,8-9,11-12,23-24H2,1H3/t13-,15-,16?,18-,19-/m0/s1. The summed E-state index contributed by atoms with van der Waals surface area (Å²) in [6.07, 6.45) is 2.26. The second-order valence-electron chi connectivity index (χ2n) is 8.52. The molecular formula is C21H28N6O4S. The number of benzene rings is 1. The van der Waals surface area contributed by atoms with E-state index in [9.17, 15) is 14.9 Å². The average Bonchev–Trinajstić information content (AvgIpc) is 3.51. The molecule has 0 saturated carbocycles. The van der Waals surface area contributed by atoms with Gasteiger partial charge in [0.15, 0.2) is 0 Å². The highest BCUT2D eigenvalue weighted by Crippen LogP contribution is 2.38. The van der Waals surface area contributed by atoms with E-state index >= 15 is 0 Å². The highest BCUT2D eigenvalue weighted by molar-refractivity contribution is 7.94. The molecule has 32 heavy (non-hydrogen) atoms. The van der Waals surface area contributed by atoms with Crippen molar-refractivity contribution in [3.05, 3.63) is 29.8 Å². The molecule has 11 heteroatoms. The van der Waals surface area contributed by atoms with Gasteiger partial charge in [0.1, 0.15) is 6.04 Å². The molecule has 4 rings (SSSR count). The molecule has 5 atom stereocenters. The van der Waals surface area contributed by atoms with Crippen LogP contribution in [0.15, 0.2) is 29.2 Å². The van der Waals surface area contributed by atoms with Crippen LogP contribution in [0, 0.1) is 11.3 Å². The zero-order chi connectivity index (χ0) is 22.8. The molecule has 0 aliphatic carbocycles. The van der Waals surface area contributed by atoms with Crippen LogP contribution >= 0.6 is 12.0 Å². The van der Waals surface area contributed by atoms with Gasteiger partial charge in [-0.3, -0.25) is 14.5 Å². The third-order valence-electron chi connectivity index (χ3n) is 6.70. The third kappa shape index (κ3) is 4.34. The second kappa shape index (κ2) is 9.74. The van der Waals surface area contributed by atoms with Gasteiger partial charge in [-0.15, -0.1) is 9.32 Å². The summed E-state index contributed by atoms with van der Waals surface area (Å²) < 4.78 is 4.65. The summed E-state index contributed by atoms with van der Waals surface area (Å²) in [6, 6.07) is 8.52. The summed E-state index contributed by atoms with van der Waals surface area (Å²) in [4.78, 5) is 36.4. The number of hydrogen-bond acceptors (Lipinski definition) is 9. The number of carbonyl (C=O) groups is 2. The lowest BCUT2D eigenvalue weighted by atomic mass is 10.1. The quantitative estimate of drug-likeness (QED) is 0.326. The van der Waals surface area contributed by atoms with Crippen molar-refractivity contribution in [3.63, 3.8) is 0 Å². The highest BCUT2D eigenvalue weighted by Gasteiger charge is 2.51. The Morgan fingerprint density at radius 3 is 2.78 bits per heavy atom. The number of nitrogens with zero attached hydrogens (tertiary/aromatic N) is 4. The lowest BCUT2D eigenvalue weighted by molar-refractivity contribution is -0.195. The van der Waals surface area contributed by atoms with Gasteiger partial charge in [-0.25, -0.2) is 0 Å². The van der Waals surface area contributed by atoms with E-state index in [1.807, 2.05) is 41.0 Å². The highest BCUT2D eigenvalue weighted by atomic mass is 32.2. The Morgan fingerprint density at radius 1 is 1.38 bits per heavy atom. The Hall–Kier alpha value is -2.20. The molecule has 10 nitrogen and oxygen atoms in total. The molecule has 3 heterocycles. The maximum absolute atomic E-state index is 13.2. The van der Waals surface area contributed by atoms with Crippen LogP contribution in [-0.4, -0.2) is 70.3 Å². The van der Waals surface area contributed by atoms with Crippen LogP contribution in [0.1, 0.15) is 37.8 Å². The van der Waals surface area contributed by atoms with Crippen LogP contribution in [0.2, 0.25) is 0 Å². The van der Waals surface area contributed by atoms with E-state index in [-0.39, 0.29) is 36.0 Å². The van der Waals surface area contributed by atoms with Gasteiger partial charge in [0.25, 0.3) is 0 Å². The number of amides is 2. The minimum absolute atomic E-state index is 0.0679. The summed E-state index contributed by atoms with van der Waals surface area (Å²) in [6.45, 7) is 3.62. The van der Waals surface area contributed by atoms with Crippen molar-refractivity contribution in [2.75, 3.05) is 19.6 Å². The van der Waals surface area contributed by atoms with Gasteiger partial charge < -0.3 is 15.5 Å². The first-order chi connectivity index (χ1) is 15.4. The Bertz CT molecular complexity index is 893. The second-order valence-corrected chi connectivity index (χ2v) is 9.30. The molecule has 1 aromatic carbocycles. The summed E-state index contributed by atoms with van der Waals surface area (Å²) in [5, 5.41) is 9.24. The fraction of sp³-hybridized carbons (Fsp3) is 0.571. The number of likely N-dealkylation sites (tertiary alicyclic amines) is 3. The van der Waals surface area contributed by atoms with Crippen molar-refractivity contribution in [3.8, 4) is 6.07 Å². The van der Waals surface area contributed by atoms with Crippen molar-refractivity contribution in [2.45, 2.75) is 61.3 Å². The maximum Gasteiger partial charge on any atom is 0.241 e. The maximum atomic E-state index is 13.2. The Morgan fingerprint density at radius 2 is 2.12 bits per heavy atom. The lowest BCUT2D eigenvalue weighted by Crippen LogP contribution is -2.56. The molecule has 0 spiro atoms. The van der Waals surface area contributed by atoms with Gasteiger partial charge in [0.05, 0.1) is 36.2 Å². The molecule has 0 radical (unpaired) electrons. The van der Waals surface area contributed by atoms with E-state index in [1.54, 1.807) is 4.90 Å². The first-order valence-electron chi connectivity index (χ1n) is 10.8. The fourth-order valence-electron chi connectivity index (χ4n) is 5.13. The van der Waals surface area contributed by atoms with Crippen molar-refractivity contribution >= 4 is 23.9 Å². The summed E-state index contributed by atoms with van der Waals surface area (Å²) >= 11 is 1.01. The number of nitrogens with two attached hydrogens (primary N) is 2. The number of hydrogen-bond donors (Lipinski definition) is 2. The molecule has 4 N–H and O–H groups in total. The zero-order valence-electron chi connectivity index (χ0n) is 17.9. The minimum atomic E-state index is -0.730. The number of rotatable bonds is 8. The van der Waals surface area contributed by atoms with Gasteiger partial charge in [0, 0.05) is 30.6 Å². The van der Waals surface area contributed by atoms with E-state index in [0.717, 1.165) is 35.3 Å². The van der Waals surface area contributed by atoms with E-state index in [4.69, 9.17) is 11.6 Å². The first-order valence-corrected chi connectivity index (χ1v) is 11.5. The van der Waals surface area contributed by atoms with Gasteiger partial charge >= 0.3 is 0 Å². The van der Waals surface area contributed by atoms with Crippen LogP contribution in [0.4, 0.5) is 0 Å². The van der Waals surface area contributed by atoms with E-state index in [1.165, 1.54) is 0 Å². The molecule has 172 valence electrons. The van der Waals surface area contributed by atoms with Gasteiger partial charge in [0.2, 0.25) is 11.8 Å². The molecule has 2 amide bonds. The predicted molar refractivity (Wildman–Crippen MR) is 116 cm³/mol. The van der Waals surface area contributed by atoms with Crippen LogP contribution in [0.3, 0.4) is 0 Å². The Balaban J connectivity index is 1.35. The monoisotopic (exact) mass is 460 g/mol. The molecule has 3 fully saturated rings. The predicted octanol–water partition coefficient (Wildman–Crippen LogP) is 0.704. The van der Waals surface area contributed by atoms with E-state index in [2.05, 4.69) is 15.4 Å². The average molecular weight is 461 g/mol. The van der Waals surface area contributed by atoms with Crippen molar-refractivity contribution < 1.29 is 18.9 Å². The lowest BCUT2D eigenvalue weighted by Gasteiger charge is -2.38. The SMILES string of the molecule is C[C@@H](c1ccc(SOON)cc1)N1C(=O)[C@@H]2CC1CN2C[C@H](N)C(=O)N1CCC[C@H]1C#N. The third-order valence-corrected chi connectivity index (χ3v) is 7.31. The van der Waals surface area contributed by atoms with Crippen LogP contribution in [0.25, 0.3) is 0 Å². The fourth-order valence-corrected chi connectivity index (χ4v) is 5.49. The molecule has 1 unspecified atom stereocenters. The summed E-state index contributed by atoms with van der Waals surface area (Å²) in [5.41, 5.74) is 7.24. The Labute approximate surface area is 191 Å². The molecule has 3 saturated heterocycles. The van der Waals surface area contributed by atoms with E-state index < -0.39 is 6.04 Å². The molecule has 3 aliphatic heterocycles. The van der Waals surface area contributed by atoms with Crippen molar-refractivity contribution in [1.29, 1.82) is 5.26 Å². The van der Waals surface area contributed by atoms with Gasteiger partial charge in [-0.2, -0.15) is 11.2 Å². The van der Waals surface area contributed by atoms with Gasteiger partial charge in [-0.1, -0.05) is 12.1 Å².